The highest BCUT2D eigenvalue weighted by Crippen LogP contribution is 2.66. The molecule has 1 N–H and O–H groups in total. The van der Waals surface area contributed by atoms with Crippen molar-refractivity contribution in [1.29, 1.82) is 0 Å². The van der Waals surface area contributed by atoms with E-state index in [0.29, 0.717) is 17.7 Å². The van der Waals surface area contributed by atoms with Gasteiger partial charge in [0, 0.05) is 12.5 Å². The number of benzene rings is 2. The van der Waals surface area contributed by atoms with Crippen molar-refractivity contribution < 1.29 is 51.0 Å². The van der Waals surface area contributed by atoms with E-state index in [4.69, 9.17) is 33.0 Å². The summed E-state index contributed by atoms with van der Waals surface area (Å²) in [7, 11) is 0. The highest BCUT2D eigenvalue weighted by molar-refractivity contribution is 6.58. The number of rotatable bonds is 7. The zero-order valence-corrected chi connectivity index (χ0v) is 25.5. The number of nitrogens with zero attached hydrogens (tertiary/aromatic N) is 2. The molecule has 0 radical (unpaired) electrons. The number of imide groups is 2. The average Bonchev–Trinajstić information content (AvgIpc) is 3.37. The van der Waals surface area contributed by atoms with Crippen LogP contribution in [0.3, 0.4) is 0 Å². The number of alkyl halides is 2. The Morgan fingerprint density at radius 2 is 1.50 bits per heavy atom. The van der Waals surface area contributed by atoms with Crippen LogP contribution in [-0.4, -0.2) is 63.1 Å². The molecule has 0 aromatic heterocycles. The Labute approximate surface area is 268 Å². The molecular weight excluding hydrogens is 662 g/mol. The standard InChI is InChI=1S/C31H25Cl2F5N2O6/c1-2-9-39-26(42)16-8-7-15-17(18(16)27(39)43)12-30(32)28(44)40(25-23(37)21(35)20(34)22(36)24(25)38)29(45)31(30,33)19(15)13-3-5-14(6-4-13)46-11-10-41/h3-7,16-19,41H,2,8-12H2,1H3/t16-,17+,18-,19-,30+,31-/m0/s1. The molecule has 6 atom stereocenters. The number of ether oxygens (including phenoxy) is 1. The number of halogens is 7. The molecule has 15 heteroatoms. The monoisotopic (exact) mass is 686 g/mol. The van der Waals surface area contributed by atoms with E-state index in [-0.39, 0.29) is 36.6 Å². The molecule has 8 nitrogen and oxygen atoms in total. The number of amides is 4. The molecule has 2 aliphatic heterocycles. The minimum atomic E-state index is -2.59. The van der Waals surface area contributed by atoms with Gasteiger partial charge in [0.05, 0.1) is 18.4 Å². The Hall–Kier alpha value is -3.55. The lowest BCUT2D eigenvalue weighted by Crippen LogP contribution is -2.60. The van der Waals surface area contributed by atoms with Crippen LogP contribution in [-0.2, 0) is 19.2 Å². The van der Waals surface area contributed by atoms with Gasteiger partial charge in [0.1, 0.15) is 18.0 Å². The van der Waals surface area contributed by atoms with E-state index < -0.39 is 98.2 Å². The molecule has 6 rings (SSSR count). The second kappa shape index (κ2) is 11.3. The summed E-state index contributed by atoms with van der Waals surface area (Å²) in [4.78, 5) is 51.0. The summed E-state index contributed by atoms with van der Waals surface area (Å²) in [5.41, 5.74) is -1.23. The van der Waals surface area contributed by atoms with Crippen molar-refractivity contribution in [3.8, 4) is 5.75 Å². The highest BCUT2D eigenvalue weighted by Gasteiger charge is 2.77. The van der Waals surface area contributed by atoms with Gasteiger partial charge in [-0.3, -0.25) is 24.1 Å². The van der Waals surface area contributed by atoms with Crippen LogP contribution in [0.4, 0.5) is 27.6 Å². The SMILES string of the molecule is CCCN1C(=O)[C@H]2[C@H](CC=C3[C@H]2C[C@@]2(Cl)C(=O)N(c4c(F)c(F)c(F)c(F)c4F)C(=O)[C@@]2(Cl)[C@H]3c2ccc(OCCO)cc2)C1=O. The first-order valence-electron chi connectivity index (χ1n) is 14.4. The molecular formula is C31H25Cl2F5N2O6. The molecule has 2 aromatic carbocycles. The lowest BCUT2D eigenvalue weighted by Gasteiger charge is -2.50. The third-order valence-corrected chi connectivity index (χ3v) is 10.7. The first-order chi connectivity index (χ1) is 21.8. The third kappa shape index (κ3) is 4.20. The predicted octanol–water partition coefficient (Wildman–Crippen LogP) is 4.73. The Bertz CT molecular complexity index is 1690. The minimum Gasteiger partial charge on any atom is -0.491 e. The molecule has 46 heavy (non-hydrogen) atoms. The van der Waals surface area contributed by atoms with E-state index in [1.807, 2.05) is 0 Å². The van der Waals surface area contributed by atoms with Crippen molar-refractivity contribution in [2.75, 3.05) is 24.7 Å². The van der Waals surface area contributed by atoms with Crippen molar-refractivity contribution in [3.63, 3.8) is 0 Å². The first-order valence-corrected chi connectivity index (χ1v) is 15.2. The predicted molar refractivity (Wildman–Crippen MR) is 152 cm³/mol. The van der Waals surface area contributed by atoms with Crippen molar-refractivity contribution in [1.82, 2.24) is 4.90 Å². The van der Waals surface area contributed by atoms with Gasteiger partial charge in [-0.05, 0) is 42.9 Å². The average molecular weight is 687 g/mol. The number of aliphatic hydroxyl groups excluding tert-OH is 1. The lowest BCUT2D eigenvalue weighted by molar-refractivity contribution is -0.140. The van der Waals surface area contributed by atoms with Crippen LogP contribution in [0.5, 0.6) is 5.75 Å². The van der Waals surface area contributed by atoms with Gasteiger partial charge >= 0.3 is 0 Å². The smallest absolute Gasteiger partial charge is 0.258 e. The maximum absolute atomic E-state index is 15.1. The molecule has 2 aromatic rings. The number of likely N-dealkylation sites (tertiary alicyclic amines) is 1. The Balaban J connectivity index is 1.55. The molecule has 3 fully saturated rings. The topological polar surface area (TPSA) is 104 Å². The van der Waals surface area contributed by atoms with Crippen LogP contribution in [0.15, 0.2) is 35.9 Å². The van der Waals surface area contributed by atoms with Crippen LogP contribution in [0.1, 0.15) is 37.7 Å². The number of aliphatic hydroxyl groups is 1. The maximum atomic E-state index is 15.1. The second-order valence-corrected chi connectivity index (χ2v) is 12.9. The van der Waals surface area contributed by atoms with E-state index in [1.165, 1.54) is 24.3 Å². The third-order valence-electron chi connectivity index (χ3n) is 9.33. The lowest BCUT2D eigenvalue weighted by atomic mass is 9.56. The maximum Gasteiger partial charge on any atom is 0.258 e. The number of hydrogen-bond donors (Lipinski definition) is 1. The first kappa shape index (κ1) is 32.4. The molecule has 0 unspecified atom stereocenters. The number of carbonyl (C=O) groups excluding carboxylic acids is 4. The van der Waals surface area contributed by atoms with E-state index in [1.54, 1.807) is 13.0 Å². The summed E-state index contributed by atoms with van der Waals surface area (Å²) < 4.78 is 78.2. The van der Waals surface area contributed by atoms with Gasteiger partial charge in [0.15, 0.2) is 33.0 Å². The van der Waals surface area contributed by atoms with Gasteiger partial charge in [0.25, 0.3) is 11.8 Å². The molecule has 2 saturated heterocycles. The molecule has 0 bridgehead atoms. The highest BCUT2D eigenvalue weighted by atomic mass is 35.5. The quantitative estimate of drug-likeness (QED) is 0.113. The number of anilines is 1. The summed E-state index contributed by atoms with van der Waals surface area (Å²) in [6, 6.07) is 5.87. The van der Waals surface area contributed by atoms with E-state index in [0.717, 1.165) is 4.90 Å². The van der Waals surface area contributed by atoms with Crippen molar-refractivity contribution in [2.45, 2.75) is 41.9 Å². The van der Waals surface area contributed by atoms with Crippen LogP contribution < -0.4 is 9.64 Å². The van der Waals surface area contributed by atoms with E-state index in [2.05, 4.69) is 0 Å². The van der Waals surface area contributed by atoms with Crippen molar-refractivity contribution in [3.05, 3.63) is 70.6 Å². The van der Waals surface area contributed by atoms with E-state index in [9.17, 15) is 32.3 Å². The van der Waals surface area contributed by atoms with Gasteiger partial charge < -0.3 is 9.84 Å². The van der Waals surface area contributed by atoms with Gasteiger partial charge in [-0.2, -0.15) is 0 Å². The molecule has 0 spiro atoms. The zero-order chi connectivity index (χ0) is 33.5. The Morgan fingerprint density at radius 3 is 2.09 bits per heavy atom. The van der Waals surface area contributed by atoms with Crippen molar-refractivity contribution in [2.24, 2.45) is 17.8 Å². The largest absolute Gasteiger partial charge is 0.491 e. The Morgan fingerprint density at radius 1 is 0.891 bits per heavy atom. The fourth-order valence-corrected chi connectivity index (χ4v) is 8.30. The molecule has 244 valence electrons. The number of fused-ring (bicyclic) bond motifs is 4. The minimum absolute atomic E-state index is 0.0441. The van der Waals surface area contributed by atoms with Crippen LogP contribution in [0, 0.1) is 46.8 Å². The molecule has 1 saturated carbocycles. The van der Waals surface area contributed by atoms with Crippen LogP contribution in [0.25, 0.3) is 0 Å². The summed E-state index contributed by atoms with van der Waals surface area (Å²) in [6.07, 6.45) is 1.62. The summed E-state index contributed by atoms with van der Waals surface area (Å²) in [5, 5.41) is 9.09. The molecule has 2 aliphatic carbocycles. The van der Waals surface area contributed by atoms with Crippen LogP contribution >= 0.6 is 23.2 Å². The van der Waals surface area contributed by atoms with Gasteiger partial charge in [-0.15, -0.1) is 23.2 Å². The molecule has 4 amide bonds. The van der Waals surface area contributed by atoms with Crippen molar-refractivity contribution >= 4 is 52.5 Å². The zero-order valence-electron chi connectivity index (χ0n) is 24.0. The summed E-state index contributed by atoms with van der Waals surface area (Å²) in [5.74, 6) is -20.1. The van der Waals surface area contributed by atoms with Gasteiger partial charge in [-0.25, -0.2) is 26.9 Å². The van der Waals surface area contributed by atoms with E-state index >= 15 is 8.78 Å². The number of hydrogen-bond acceptors (Lipinski definition) is 6. The van der Waals surface area contributed by atoms with Gasteiger partial charge in [-0.1, -0.05) is 30.7 Å². The normalized spacial score (nSPS) is 30.4. The summed E-state index contributed by atoms with van der Waals surface area (Å²) >= 11 is 14.1. The molecule has 4 aliphatic rings. The fraction of sp³-hybridized carbons (Fsp3) is 0.419. The van der Waals surface area contributed by atoms with Crippen LogP contribution in [0.2, 0.25) is 0 Å². The fourth-order valence-electron chi connectivity index (χ4n) is 7.37. The van der Waals surface area contributed by atoms with Gasteiger partial charge in [0.2, 0.25) is 17.6 Å². The number of carbonyl (C=O) groups is 4. The number of allylic oxidation sites excluding steroid dienone is 2. The Kier molecular flexibility index (Phi) is 7.96. The summed E-state index contributed by atoms with van der Waals surface area (Å²) in [6.45, 7) is 1.59. The second-order valence-electron chi connectivity index (χ2n) is 11.7. The molecule has 2 heterocycles.